The van der Waals surface area contributed by atoms with Gasteiger partial charge in [-0.15, -0.1) is 0 Å². The summed E-state index contributed by atoms with van der Waals surface area (Å²) in [5, 5.41) is 0. The normalized spacial score (nSPS) is 10.3. The number of allylic oxidation sites excluding steroid dienone is 4. The number of carbonyl (C=O) groups excluding carboxylic acids is 1. The van der Waals surface area contributed by atoms with Crippen molar-refractivity contribution in [2.75, 3.05) is 27.8 Å². The summed E-state index contributed by atoms with van der Waals surface area (Å²) in [6.45, 7) is 9.87. The summed E-state index contributed by atoms with van der Waals surface area (Å²) >= 11 is 0. The molecule has 1 rings (SSSR count). The van der Waals surface area contributed by atoms with Crippen molar-refractivity contribution < 1.29 is 23.7 Å². The number of methoxy groups -OCH3 is 2. The molecule has 1 aromatic rings. The molecule has 0 saturated carbocycles. The summed E-state index contributed by atoms with van der Waals surface area (Å²) in [5.41, 5.74) is 4.66. The predicted octanol–water partition coefficient (Wildman–Crippen LogP) is 4.87. The fourth-order valence-electron chi connectivity index (χ4n) is 2.56. The molecular weight excluding hydrogens is 344 g/mol. The van der Waals surface area contributed by atoms with E-state index in [4.69, 9.17) is 18.9 Å². The Bertz CT molecular complexity index is 693. The van der Waals surface area contributed by atoms with Crippen LogP contribution >= 0.6 is 0 Å². The van der Waals surface area contributed by atoms with Gasteiger partial charge in [-0.25, -0.2) is 0 Å². The molecule has 0 fully saturated rings. The molecule has 5 heteroatoms. The van der Waals surface area contributed by atoms with Gasteiger partial charge in [0.1, 0.15) is 11.5 Å². The molecule has 150 valence electrons. The lowest BCUT2D eigenvalue weighted by Gasteiger charge is -2.21. The lowest BCUT2D eigenvalue weighted by atomic mass is 9.95. The zero-order chi connectivity index (χ0) is 20.4. The van der Waals surface area contributed by atoms with Crippen LogP contribution in [0.3, 0.4) is 0 Å². The van der Waals surface area contributed by atoms with Crippen molar-refractivity contribution in [2.24, 2.45) is 0 Å². The van der Waals surface area contributed by atoms with E-state index in [0.29, 0.717) is 29.9 Å². The highest BCUT2D eigenvalue weighted by atomic mass is 16.7. The van der Waals surface area contributed by atoms with Crippen LogP contribution in [0.1, 0.15) is 56.1 Å². The van der Waals surface area contributed by atoms with Crippen molar-refractivity contribution in [3.63, 3.8) is 0 Å². The van der Waals surface area contributed by atoms with Gasteiger partial charge in [0.25, 0.3) is 0 Å². The second kappa shape index (κ2) is 11.6. The molecule has 1 aromatic carbocycles. The van der Waals surface area contributed by atoms with Gasteiger partial charge in [-0.2, -0.15) is 0 Å². The van der Waals surface area contributed by atoms with Gasteiger partial charge in [0.15, 0.2) is 19.4 Å². The first-order valence-electron chi connectivity index (χ1n) is 9.01. The molecule has 0 N–H and O–H groups in total. The number of hydrogen-bond acceptors (Lipinski definition) is 5. The van der Waals surface area contributed by atoms with Crippen molar-refractivity contribution in [2.45, 2.75) is 47.5 Å². The Hall–Kier alpha value is -2.11. The average molecular weight is 376 g/mol. The Balaban J connectivity index is 3.68. The molecule has 0 spiro atoms. The van der Waals surface area contributed by atoms with Crippen LogP contribution in [-0.2, 0) is 22.3 Å². The van der Waals surface area contributed by atoms with E-state index in [9.17, 15) is 4.79 Å². The van der Waals surface area contributed by atoms with Crippen LogP contribution in [0.5, 0.6) is 11.5 Å². The molecule has 0 radical (unpaired) electrons. The number of Topliss-reactive ketones (excluding diaryl/α,β-unsaturated/α-hetero) is 1. The molecule has 5 nitrogen and oxygen atoms in total. The predicted molar refractivity (Wildman–Crippen MR) is 108 cm³/mol. The Labute approximate surface area is 163 Å². The second-order valence-corrected chi connectivity index (χ2v) is 6.85. The zero-order valence-corrected chi connectivity index (χ0v) is 17.6. The first-order chi connectivity index (χ1) is 12.8. The van der Waals surface area contributed by atoms with Gasteiger partial charge in [0.05, 0.1) is 5.56 Å². The van der Waals surface area contributed by atoms with Gasteiger partial charge in [-0.3, -0.25) is 4.79 Å². The summed E-state index contributed by atoms with van der Waals surface area (Å²) in [5.74, 6) is 1.15. The van der Waals surface area contributed by atoms with Gasteiger partial charge in [0.2, 0.25) is 0 Å². The lowest BCUT2D eigenvalue weighted by Crippen LogP contribution is -2.12. The lowest BCUT2D eigenvalue weighted by molar-refractivity contribution is 0.0439. The van der Waals surface area contributed by atoms with Crippen molar-refractivity contribution in [1.82, 2.24) is 0 Å². The van der Waals surface area contributed by atoms with Crippen LogP contribution in [0.2, 0.25) is 0 Å². The molecular formula is C22H32O5. The SMILES string of the molecule is COCOc1c(CC=C(C)C)cc(C(C)=O)c(OCOC)c1CC=C(C)C. The monoisotopic (exact) mass is 376 g/mol. The van der Waals surface area contributed by atoms with Crippen LogP contribution in [0.4, 0.5) is 0 Å². The van der Waals surface area contributed by atoms with E-state index in [-0.39, 0.29) is 19.4 Å². The van der Waals surface area contributed by atoms with Crippen LogP contribution in [0, 0.1) is 0 Å². The number of ether oxygens (including phenoxy) is 4. The molecule has 0 heterocycles. The van der Waals surface area contributed by atoms with Crippen molar-refractivity contribution >= 4 is 5.78 Å². The van der Waals surface area contributed by atoms with Gasteiger partial charge in [-0.05, 0) is 59.1 Å². The topological polar surface area (TPSA) is 54.0 Å². The first-order valence-corrected chi connectivity index (χ1v) is 9.01. The fourth-order valence-corrected chi connectivity index (χ4v) is 2.56. The Morgan fingerprint density at radius 2 is 1.37 bits per heavy atom. The maximum Gasteiger partial charge on any atom is 0.188 e. The van der Waals surface area contributed by atoms with Crippen LogP contribution < -0.4 is 9.47 Å². The van der Waals surface area contributed by atoms with E-state index >= 15 is 0 Å². The van der Waals surface area contributed by atoms with Crippen molar-refractivity contribution in [3.8, 4) is 11.5 Å². The van der Waals surface area contributed by atoms with E-state index in [1.807, 2.05) is 33.8 Å². The molecule has 0 amide bonds. The molecule has 0 atom stereocenters. The molecule has 0 saturated heterocycles. The maximum atomic E-state index is 12.3. The largest absolute Gasteiger partial charge is 0.467 e. The van der Waals surface area contributed by atoms with Gasteiger partial charge >= 0.3 is 0 Å². The van der Waals surface area contributed by atoms with Crippen molar-refractivity contribution in [3.05, 3.63) is 46.1 Å². The summed E-state index contributed by atoms with van der Waals surface area (Å²) in [6, 6.07) is 1.85. The molecule has 0 aliphatic carbocycles. The Morgan fingerprint density at radius 1 is 0.852 bits per heavy atom. The van der Waals surface area contributed by atoms with Crippen LogP contribution in [0.25, 0.3) is 0 Å². The molecule has 27 heavy (non-hydrogen) atoms. The zero-order valence-electron chi connectivity index (χ0n) is 17.6. The van der Waals surface area contributed by atoms with Gasteiger partial charge < -0.3 is 18.9 Å². The van der Waals surface area contributed by atoms with Crippen LogP contribution in [0.15, 0.2) is 29.4 Å². The first kappa shape index (κ1) is 22.9. The number of benzene rings is 1. The molecule has 0 aromatic heterocycles. The minimum absolute atomic E-state index is 0.0547. The van der Waals surface area contributed by atoms with E-state index < -0.39 is 0 Å². The van der Waals surface area contributed by atoms with Gasteiger partial charge in [-0.1, -0.05) is 23.3 Å². The number of hydrogen-bond donors (Lipinski definition) is 0. The standard InChI is InChI=1S/C22H32O5/c1-15(2)8-10-18-12-20(17(5)23)22(27-14-25-7)19(11-9-16(3)4)21(18)26-13-24-6/h8-9,12H,10-11,13-14H2,1-7H3. The minimum Gasteiger partial charge on any atom is -0.467 e. The summed E-state index contributed by atoms with van der Waals surface area (Å²) in [4.78, 5) is 12.3. The quantitative estimate of drug-likeness (QED) is 0.313. The molecule has 0 aliphatic rings. The Morgan fingerprint density at radius 3 is 1.85 bits per heavy atom. The third kappa shape index (κ3) is 7.19. The minimum atomic E-state index is -0.0590. The maximum absolute atomic E-state index is 12.3. The Kier molecular flexibility index (Phi) is 9.83. The summed E-state index contributed by atoms with van der Waals surface area (Å²) in [6.07, 6.45) is 5.44. The van der Waals surface area contributed by atoms with Crippen LogP contribution in [-0.4, -0.2) is 33.6 Å². The highest BCUT2D eigenvalue weighted by molar-refractivity contribution is 5.98. The van der Waals surface area contributed by atoms with E-state index in [1.165, 1.54) is 11.1 Å². The molecule has 0 unspecified atom stereocenters. The number of carbonyl (C=O) groups is 1. The summed E-state index contributed by atoms with van der Waals surface area (Å²) in [7, 11) is 3.13. The van der Waals surface area contributed by atoms with Gasteiger partial charge in [0, 0.05) is 19.8 Å². The second-order valence-electron chi connectivity index (χ2n) is 6.85. The third-order valence-corrected chi connectivity index (χ3v) is 3.87. The number of ketones is 1. The molecule has 0 bridgehead atoms. The molecule has 0 aliphatic heterocycles. The smallest absolute Gasteiger partial charge is 0.188 e. The van der Waals surface area contributed by atoms with Crippen molar-refractivity contribution in [1.29, 1.82) is 0 Å². The fraction of sp³-hybridized carbons (Fsp3) is 0.500. The third-order valence-electron chi connectivity index (χ3n) is 3.87. The van der Waals surface area contributed by atoms with E-state index in [0.717, 1.165) is 11.1 Å². The highest BCUT2D eigenvalue weighted by Crippen LogP contribution is 2.38. The van der Waals surface area contributed by atoms with E-state index in [1.54, 1.807) is 21.1 Å². The summed E-state index contributed by atoms with van der Waals surface area (Å²) < 4.78 is 21.9. The highest BCUT2D eigenvalue weighted by Gasteiger charge is 2.22. The number of rotatable bonds is 11. The van der Waals surface area contributed by atoms with E-state index in [2.05, 4.69) is 12.2 Å². The average Bonchev–Trinajstić information content (AvgIpc) is 2.60.